The maximum absolute atomic E-state index is 12.2. The first-order chi connectivity index (χ1) is 9.41. The first-order valence-corrected chi connectivity index (χ1v) is 7.14. The van der Waals surface area contributed by atoms with Gasteiger partial charge in [0.2, 0.25) is 0 Å². The molecule has 0 bridgehead atoms. The molecule has 6 heteroatoms. The zero-order valence-corrected chi connectivity index (χ0v) is 13.3. The number of carbonyl (C=O) groups is 1. The molecule has 1 saturated heterocycles. The van der Waals surface area contributed by atoms with Crippen LogP contribution in [0.5, 0.6) is 5.75 Å². The van der Waals surface area contributed by atoms with Crippen molar-refractivity contribution in [2.75, 3.05) is 20.3 Å². The molecular formula is C14H18BrNO4. The molecule has 1 aliphatic rings. The number of nitrogens with one attached hydrogen (secondary N) is 1. The number of methoxy groups -OCH3 is 1. The molecular weight excluding hydrogens is 326 g/mol. The predicted octanol–water partition coefficient (Wildman–Crippen LogP) is 2.34. The average molecular weight is 344 g/mol. The Morgan fingerprint density at radius 3 is 2.90 bits per heavy atom. The highest BCUT2D eigenvalue weighted by molar-refractivity contribution is 9.10. The number of hydrogen-bond donors (Lipinski definition) is 1. The van der Waals surface area contributed by atoms with Gasteiger partial charge in [-0.2, -0.15) is 0 Å². The summed E-state index contributed by atoms with van der Waals surface area (Å²) >= 11 is 3.34. The summed E-state index contributed by atoms with van der Waals surface area (Å²) in [6.45, 7) is 4.59. The molecule has 1 atom stereocenters. The highest BCUT2D eigenvalue weighted by Gasteiger charge is 2.32. The molecule has 0 spiro atoms. The van der Waals surface area contributed by atoms with E-state index in [1.807, 2.05) is 13.8 Å². The Morgan fingerprint density at radius 2 is 2.30 bits per heavy atom. The number of benzene rings is 1. The van der Waals surface area contributed by atoms with E-state index in [1.54, 1.807) is 18.2 Å². The van der Waals surface area contributed by atoms with Gasteiger partial charge >= 0.3 is 0 Å². The number of halogens is 1. The van der Waals surface area contributed by atoms with Crippen LogP contribution in [0.25, 0.3) is 0 Å². The van der Waals surface area contributed by atoms with E-state index in [0.29, 0.717) is 24.5 Å². The van der Waals surface area contributed by atoms with Gasteiger partial charge in [0.05, 0.1) is 19.3 Å². The van der Waals surface area contributed by atoms with Gasteiger partial charge in [-0.1, -0.05) is 15.9 Å². The normalized spacial score (nSPS) is 20.7. The molecule has 1 aromatic rings. The molecule has 1 N–H and O–H groups in total. The van der Waals surface area contributed by atoms with Gasteiger partial charge in [-0.25, -0.2) is 0 Å². The summed E-state index contributed by atoms with van der Waals surface area (Å²) in [5.74, 6) is -0.242. The molecule has 1 aromatic carbocycles. The predicted molar refractivity (Wildman–Crippen MR) is 77.9 cm³/mol. The van der Waals surface area contributed by atoms with E-state index in [9.17, 15) is 4.79 Å². The molecule has 0 radical (unpaired) electrons. The fourth-order valence-electron chi connectivity index (χ4n) is 2.02. The second-order valence-electron chi connectivity index (χ2n) is 5.01. The van der Waals surface area contributed by atoms with Crippen LogP contribution in [-0.2, 0) is 9.47 Å². The summed E-state index contributed by atoms with van der Waals surface area (Å²) in [4.78, 5) is 12.2. The lowest BCUT2D eigenvalue weighted by Crippen LogP contribution is -2.34. The van der Waals surface area contributed by atoms with Crippen LogP contribution in [0.15, 0.2) is 22.7 Å². The minimum absolute atomic E-state index is 0.129. The fourth-order valence-corrected chi connectivity index (χ4v) is 2.36. The molecule has 110 valence electrons. The maximum atomic E-state index is 12.2. The third-order valence-corrected chi connectivity index (χ3v) is 3.46. The smallest absolute Gasteiger partial charge is 0.255 e. The second kappa shape index (κ2) is 6.11. The third-order valence-electron chi connectivity index (χ3n) is 2.97. The van der Waals surface area contributed by atoms with Gasteiger partial charge < -0.3 is 19.5 Å². The molecule has 0 aliphatic carbocycles. The van der Waals surface area contributed by atoms with Gasteiger partial charge in [-0.15, -0.1) is 0 Å². The lowest BCUT2D eigenvalue weighted by atomic mass is 10.2. The molecule has 0 aromatic heterocycles. The quantitative estimate of drug-likeness (QED) is 0.911. The minimum Gasteiger partial charge on any atom is -0.496 e. The van der Waals surface area contributed by atoms with Crippen LogP contribution in [-0.4, -0.2) is 38.1 Å². The number of rotatable bonds is 4. The monoisotopic (exact) mass is 343 g/mol. The Balaban J connectivity index is 1.96. The zero-order chi connectivity index (χ0) is 14.8. The van der Waals surface area contributed by atoms with Crippen molar-refractivity contribution in [2.24, 2.45) is 0 Å². The largest absolute Gasteiger partial charge is 0.496 e. The van der Waals surface area contributed by atoms with Crippen LogP contribution < -0.4 is 10.1 Å². The van der Waals surface area contributed by atoms with Crippen molar-refractivity contribution in [2.45, 2.75) is 25.7 Å². The van der Waals surface area contributed by atoms with Crippen molar-refractivity contribution < 1.29 is 19.0 Å². The summed E-state index contributed by atoms with van der Waals surface area (Å²) in [7, 11) is 1.54. The molecule has 2 rings (SSSR count). The van der Waals surface area contributed by atoms with E-state index >= 15 is 0 Å². The standard InChI is InChI=1S/C14H18BrNO4/c1-14(2)19-8-10(20-14)7-16-13(17)11-5-4-9(15)6-12(11)18-3/h4-6,10H,7-8H2,1-3H3,(H,16,17). The lowest BCUT2D eigenvalue weighted by Gasteiger charge is -2.17. The van der Waals surface area contributed by atoms with Crippen molar-refractivity contribution in [3.8, 4) is 5.75 Å². The highest BCUT2D eigenvalue weighted by Crippen LogP contribution is 2.24. The van der Waals surface area contributed by atoms with Crippen LogP contribution in [0, 0.1) is 0 Å². The summed E-state index contributed by atoms with van der Waals surface area (Å²) < 4.78 is 17.1. The van der Waals surface area contributed by atoms with E-state index < -0.39 is 5.79 Å². The Kier molecular flexibility index (Phi) is 4.67. The van der Waals surface area contributed by atoms with Gasteiger partial charge in [0.15, 0.2) is 5.79 Å². The first-order valence-electron chi connectivity index (χ1n) is 6.35. The molecule has 1 fully saturated rings. The number of ether oxygens (including phenoxy) is 3. The van der Waals surface area contributed by atoms with E-state index in [1.165, 1.54) is 7.11 Å². The SMILES string of the molecule is COc1cc(Br)ccc1C(=O)NCC1COC(C)(C)O1. The Hall–Kier alpha value is -1.11. The van der Waals surface area contributed by atoms with Crippen LogP contribution in [0.2, 0.25) is 0 Å². The Labute approximate surface area is 126 Å². The maximum Gasteiger partial charge on any atom is 0.255 e. The van der Waals surface area contributed by atoms with E-state index in [-0.39, 0.29) is 12.0 Å². The molecule has 1 unspecified atom stereocenters. The topological polar surface area (TPSA) is 56.8 Å². The number of hydrogen-bond acceptors (Lipinski definition) is 4. The zero-order valence-electron chi connectivity index (χ0n) is 11.7. The summed E-state index contributed by atoms with van der Waals surface area (Å²) in [5, 5.41) is 2.83. The van der Waals surface area contributed by atoms with Gasteiger partial charge in [0, 0.05) is 11.0 Å². The van der Waals surface area contributed by atoms with Crippen molar-refractivity contribution in [1.29, 1.82) is 0 Å². The van der Waals surface area contributed by atoms with Crippen LogP contribution in [0.3, 0.4) is 0 Å². The molecule has 1 heterocycles. The Bertz CT molecular complexity index is 504. The van der Waals surface area contributed by atoms with Crippen LogP contribution in [0.4, 0.5) is 0 Å². The number of amides is 1. The van der Waals surface area contributed by atoms with Crippen molar-refractivity contribution in [3.63, 3.8) is 0 Å². The van der Waals surface area contributed by atoms with Gasteiger partial charge in [0.1, 0.15) is 11.9 Å². The summed E-state index contributed by atoms with van der Waals surface area (Å²) in [6, 6.07) is 5.27. The van der Waals surface area contributed by atoms with Crippen molar-refractivity contribution >= 4 is 21.8 Å². The molecule has 5 nitrogen and oxygen atoms in total. The van der Waals surface area contributed by atoms with E-state index in [0.717, 1.165) is 4.47 Å². The van der Waals surface area contributed by atoms with Gasteiger partial charge in [-0.05, 0) is 32.0 Å². The van der Waals surface area contributed by atoms with Gasteiger partial charge in [-0.3, -0.25) is 4.79 Å². The lowest BCUT2D eigenvalue weighted by molar-refractivity contribution is -0.137. The minimum atomic E-state index is -0.579. The number of carbonyl (C=O) groups excluding carboxylic acids is 1. The second-order valence-corrected chi connectivity index (χ2v) is 5.92. The van der Waals surface area contributed by atoms with Crippen LogP contribution in [0.1, 0.15) is 24.2 Å². The van der Waals surface area contributed by atoms with Gasteiger partial charge in [0.25, 0.3) is 5.91 Å². The van der Waals surface area contributed by atoms with E-state index in [4.69, 9.17) is 14.2 Å². The highest BCUT2D eigenvalue weighted by atomic mass is 79.9. The Morgan fingerprint density at radius 1 is 1.55 bits per heavy atom. The molecule has 1 amide bonds. The van der Waals surface area contributed by atoms with Crippen LogP contribution >= 0.6 is 15.9 Å². The first kappa shape index (κ1) is 15.3. The third kappa shape index (κ3) is 3.71. The van der Waals surface area contributed by atoms with Crippen molar-refractivity contribution in [3.05, 3.63) is 28.2 Å². The molecule has 1 aliphatic heterocycles. The molecule has 0 saturated carbocycles. The molecule has 20 heavy (non-hydrogen) atoms. The van der Waals surface area contributed by atoms with E-state index in [2.05, 4.69) is 21.2 Å². The summed E-state index contributed by atoms with van der Waals surface area (Å²) in [5.41, 5.74) is 0.494. The average Bonchev–Trinajstić information content (AvgIpc) is 2.75. The summed E-state index contributed by atoms with van der Waals surface area (Å²) in [6.07, 6.45) is -0.129. The fraction of sp³-hybridized carbons (Fsp3) is 0.500. The van der Waals surface area contributed by atoms with Crippen molar-refractivity contribution in [1.82, 2.24) is 5.32 Å².